The van der Waals surface area contributed by atoms with Gasteiger partial charge < -0.3 is 10.8 Å². The molecule has 0 bridgehead atoms. The Bertz CT molecular complexity index is 588. The summed E-state index contributed by atoms with van der Waals surface area (Å²) in [7, 11) is -3.73. The Labute approximate surface area is 112 Å². The highest BCUT2D eigenvalue weighted by Crippen LogP contribution is 2.21. The van der Waals surface area contributed by atoms with Crippen molar-refractivity contribution in [2.75, 3.05) is 12.3 Å². The fourth-order valence-electron chi connectivity index (χ4n) is 1.32. The number of carbonyl (C=O) groups is 1. The van der Waals surface area contributed by atoms with Crippen LogP contribution in [0.2, 0.25) is 0 Å². The van der Waals surface area contributed by atoms with Crippen LogP contribution in [0.4, 0.5) is 5.69 Å². The molecule has 0 aromatic heterocycles. The SMILES string of the molecule is CC(C)(C)CNS(=O)(=O)c1ccc(C(=O)O)cc1N. The standard InChI is InChI=1S/C12H18N2O4S/c1-12(2,3)7-14-19(17,18)10-5-4-8(11(15)16)6-9(10)13/h4-6,14H,7,13H2,1-3H3,(H,15,16). The van der Waals surface area contributed by atoms with E-state index >= 15 is 0 Å². The fourth-order valence-corrected chi connectivity index (χ4v) is 2.71. The lowest BCUT2D eigenvalue weighted by atomic mass is 9.98. The Morgan fingerprint density at radius 3 is 2.37 bits per heavy atom. The van der Waals surface area contributed by atoms with E-state index in [4.69, 9.17) is 10.8 Å². The molecule has 0 unspecified atom stereocenters. The molecular formula is C12H18N2O4S. The number of sulfonamides is 1. The molecule has 106 valence electrons. The predicted octanol–water partition coefficient (Wildman–Crippen LogP) is 1.29. The molecule has 1 rings (SSSR count). The molecule has 1 aromatic rings. The van der Waals surface area contributed by atoms with Gasteiger partial charge in [-0.2, -0.15) is 0 Å². The second kappa shape index (κ2) is 5.18. The summed E-state index contributed by atoms with van der Waals surface area (Å²) < 4.78 is 26.5. The number of aromatic carboxylic acids is 1. The first-order valence-corrected chi connectivity index (χ1v) is 7.14. The molecule has 0 radical (unpaired) electrons. The van der Waals surface area contributed by atoms with Crippen molar-refractivity contribution in [2.45, 2.75) is 25.7 Å². The zero-order valence-corrected chi connectivity index (χ0v) is 11.9. The first-order valence-electron chi connectivity index (χ1n) is 5.65. The van der Waals surface area contributed by atoms with Crippen LogP contribution in [0.5, 0.6) is 0 Å². The van der Waals surface area contributed by atoms with Crippen LogP contribution in [0.25, 0.3) is 0 Å². The van der Waals surface area contributed by atoms with Crippen molar-refractivity contribution in [1.29, 1.82) is 0 Å². The first kappa shape index (κ1) is 15.5. The Balaban J connectivity index is 3.06. The molecule has 1 aromatic carbocycles. The van der Waals surface area contributed by atoms with Gasteiger partial charge in [-0.05, 0) is 23.6 Å². The monoisotopic (exact) mass is 286 g/mol. The van der Waals surface area contributed by atoms with Gasteiger partial charge >= 0.3 is 5.97 Å². The Hall–Kier alpha value is -1.60. The first-order chi connectivity index (χ1) is 8.53. The summed E-state index contributed by atoms with van der Waals surface area (Å²) in [6.45, 7) is 5.95. The average Bonchev–Trinajstić information content (AvgIpc) is 2.25. The summed E-state index contributed by atoms with van der Waals surface area (Å²) in [5.41, 5.74) is 5.27. The lowest BCUT2D eigenvalue weighted by molar-refractivity contribution is 0.0697. The zero-order chi connectivity index (χ0) is 14.8. The molecule has 0 saturated carbocycles. The number of hydrogen-bond acceptors (Lipinski definition) is 4. The summed E-state index contributed by atoms with van der Waals surface area (Å²) in [6, 6.07) is 3.54. The third-order valence-corrected chi connectivity index (χ3v) is 3.81. The van der Waals surface area contributed by atoms with Crippen LogP contribution in [-0.2, 0) is 10.0 Å². The molecule has 7 heteroatoms. The molecule has 0 aliphatic carbocycles. The Morgan fingerprint density at radius 2 is 1.95 bits per heavy atom. The van der Waals surface area contributed by atoms with Crippen molar-refractivity contribution in [2.24, 2.45) is 5.41 Å². The molecule has 6 nitrogen and oxygen atoms in total. The largest absolute Gasteiger partial charge is 0.478 e. The number of anilines is 1. The van der Waals surface area contributed by atoms with E-state index in [2.05, 4.69) is 4.72 Å². The molecule has 0 aliphatic heterocycles. The molecular weight excluding hydrogens is 268 g/mol. The van der Waals surface area contributed by atoms with E-state index in [1.54, 1.807) is 0 Å². The summed E-state index contributed by atoms with van der Waals surface area (Å²) in [5, 5.41) is 8.79. The van der Waals surface area contributed by atoms with Gasteiger partial charge in [0.1, 0.15) is 4.90 Å². The Kier molecular flexibility index (Phi) is 4.21. The quantitative estimate of drug-likeness (QED) is 0.722. The summed E-state index contributed by atoms with van der Waals surface area (Å²) in [4.78, 5) is 10.6. The maximum Gasteiger partial charge on any atom is 0.335 e. The van der Waals surface area contributed by atoms with Crippen LogP contribution in [0.1, 0.15) is 31.1 Å². The highest BCUT2D eigenvalue weighted by molar-refractivity contribution is 7.89. The van der Waals surface area contributed by atoms with Crippen LogP contribution in [-0.4, -0.2) is 26.0 Å². The van der Waals surface area contributed by atoms with Crippen molar-refractivity contribution < 1.29 is 18.3 Å². The number of nitrogens with one attached hydrogen (secondary N) is 1. The van der Waals surface area contributed by atoms with E-state index in [-0.39, 0.29) is 28.1 Å². The molecule has 0 fully saturated rings. The molecule has 4 N–H and O–H groups in total. The average molecular weight is 286 g/mol. The molecule has 0 atom stereocenters. The molecule has 0 saturated heterocycles. The van der Waals surface area contributed by atoms with Gasteiger partial charge in [-0.25, -0.2) is 17.9 Å². The fraction of sp³-hybridized carbons (Fsp3) is 0.417. The minimum Gasteiger partial charge on any atom is -0.478 e. The second-order valence-electron chi connectivity index (χ2n) is 5.44. The number of nitrogens with two attached hydrogens (primary N) is 1. The summed E-state index contributed by atoms with van der Waals surface area (Å²) >= 11 is 0. The van der Waals surface area contributed by atoms with E-state index in [0.29, 0.717) is 0 Å². The topological polar surface area (TPSA) is 109 Å². The van der Waals surface area contributed by atoms with Crippen molar-refractivity contribution in [1.82, 2.24) is 4.72 Å². The van der Waals surface area contributed by atoms with Gasteiger partial charge in [0.05, 0.1) is 11.3 Å². The predicted molar refractivity (Wildman–Crippen MR) is 72.5 cm³/mol. The van der Waals surface area contributed by atoms with Crippen LogP contribution >= 0.6 is 0 Å². The molecule has 0 heterocycles. The van der Waals surface area contributed by atoms with Crippen molar-refractivity contribution in [3.63, 3.8) is 0 Å². The van der Waals surface area contributed by atoms with Gasteiger partial charge in [-0.15, -0.1) is 0 Å². The highest BCUT2D eigenvalue weighted by Gasteiger charge is 2.21. The smallest absolute Gasteiger partial charge is 0.335 e. The van der Waals surface area contributed by atoms with E-state index in [1.807, 2.05) is 20.8 Å². The van der Waals surface area contributed by atoms with Crippen LogP contribution in [0.3, 0.4) is 0 Å². The van der Waals surface area contributed by atoms with Crippen LogP contribution < -0.4 is 10.5 Å². The van der Waals surface area contributed by atoms with E-state index in [1.165, 1.54) is 12.1 Å². The molecule has 0 aliphatic rings. The normalized spacial score (nSPS) is 12.4. The minimum atomic E-state index is -3.73. The van der Waals surface area contributed by atoms with Gasteiger partial charge in [0.2, 0.25) is 10.0 Å². The Morgan fingerprint density at radius 1 is 1.37 bits per heavy atom. The van der Waals surface area contributed by atoms with Crippen molar-refractivity contribution >= 4 is 21.7 Å². The maximum atomic E-state index is 12.0. The lowest BCUT2D eigenvalue weighted by Gasteiger charge is -2.19. The van der Waals surface area contributed by atoms with Crippen LogP contribution in [0.15, 0.2) is 23.1 Å². The van der Waals surface area contributed by atoms with E-state index in [0.717, 1.165) is 6.07 Å². The van der Waals surface area contributed by atoms with Gasteiger partial charge in [-0.3, -0.25) is 0 Å². The van der Waals surface area contributed by atoms with Gasteiger partial charge in [0, 0.05) is 6.54 Å². The number of rotatable bonds is 4. The van der Waals surface area contributed by atoms with Gasteiger partial charge in [0.15, 0.2) is 0 Å². The maximum absolute atomic E-state index is 12.0. The molecule has 19 heavy (non-hydrogen) atoms. The van der Waals surface area contributed by atoms with Crippen molar-refractivity contribution in [3.8, 4) is 0 Å². The highest BCUT2D eigenvalue weighted by atomic mass is 32.2. The number of carboxylic acids is 1. The van der Waals surface area contributed by atoms with Gasteiger partial charge in [-0.1, -0.05) is 20.8 Å². The lowest BCUT2D eigenvalue weighted by Crippen LogP contribution is -2.32. The van der Waals surface area contributed by atoms with Crippen LogP contribution in [0, 0.1) is 5.41 Å². The minimum absolute atomic E-state index is 0.0488. The summed E-state index contributed by atoms with van der Waals surface area (Å²) in [6.07, 6.45) is 0. The van der Waals surface area contributed by atoms with E-state index in [9.17, 15) is 13.2 Å². The van der Waals surface area contributed by atoms with Gasteiger partial charge in [0.25, 0.3) is 0 Å². The van der Waals surface area contributed by atoms with E-state index < -0.39 is 16.0 Å². The zero-order valence-electron chi connectivity index (χ0n) is 11.1. The number of nitrogen functional groups attached to an aromatic ring is 1. The third-order valence-electron chi connectivity index (χ3n) is 2.34. The number of carboxylic acid groups (broad SMARTS) is 1. The second-order valence-corrected chi connectivity index (χ2v) is 7.18. The number of benzene rings is 1. The third kappa shape index (κ3) is 4.22. The number of hydrogen-bond donors (Lipinski definition) is 3. The molecule has 0 spiro atoms. The van der Waals surface area contributed by atoms with Crippen molar-refractivity contribution in [3.05, 3.63) is 23.8 Å². The summed E-state index contributed by atoms with van der Waals surface area (Å²) in [5.74, 6) is -1.15. The molecule has 0 amide bonds.